The summed E-state index contributed by atoms with van der Waals surface area (Å²) in [7, 11) is 0. The Bertz CT molecular complexity index is 945. The minimum Gasteiger partial charge on any atom is -0.442 e. The Morgan fingerprint density at radius 2 is 1.96 bits per heavy atom. The number of carbonyl (C=O) groups is 2. The fraction of sp³-hybridized carbons (Fsp3) is 0.500. The Morgan fingerprint density at radius 1 is 1.29 bits per heavy atom. The summed E-state index contributed by atoms with van der Waals surface area (Å²) in [4.78, 5) is 29.7. The fourth-order valence-corrected chi connectivity index (χ4v) is 3.54. The van der Waals surface area contributed by atoms with E-state index in [2.05, 4.69) is 15.4 Å². The van der Waals surface area contributed by atoms with Crippen LogP contribution < -0.4 is 5.32 Å². The van der Waals surface area contributed by atoms with E-state index in [-0.39, 0.29) is 5.91 Å². The third-order valence-corrected chi connectivity index (χ3v) is 4.97. The van der Waals surface area contributed by atoms with E-state index in [0.717, 1.165) is 15.8 Å². The second-order valence-electron chi connectivity index (χ2n) is 8.89. The van der Waals surface area contributed by atoms with Gasteiger partial charge in [0.25, 0.3) is 0 Å². The van der Waals surface area contributed by atoms with E-state index in [1.807, 2.05) is 26.8 Å². The standard InChI is InChI=1S/C20H25ClN4O3/c1-18(2,3)28-17(27)25-11-12(10-22-25)9-20(6)15-13(7-8-14(21)23-15)19(4,5)24-16(20)26/h7-8,10-11H,9H2,1-6H3,(H,24,26). The van der Waals surface area contributed by atoms with E-state index in [9.17, 15) is 9.59 Å². The van der Waals surface area contributed by atoms with Gasteiger partial charge in [-0.05, 0) is 65.2 Å². The van der Waals surface area contributed by atoms with Crippen LogP contribution in [0.3, 0.4) is 0 Å². The molecule has 2 aromatic heterocycles. The first kappa shape index (κ1) is 20.3. The number of ether oxygens (including phenoxy) is 1. The van der Waals surface area contributed by atoms with Gasteiger partial charge in [0, 0.05) is 6.20 Å². The summed E-state index contributed by atoms with van der Waals surface area (Å²) in [6, 6.07) is 3.62. The highest BCUT2D eigenvalue weighted by Crippen LogP contribution is 2.39. The zero-order valence-electron chi connectivity index (χ0n) is 17.0. The molecule has 28 heavy (non-hydrogen) atoms. The third kappa shape index (κ3) is 3.76. The quantitative estimate of drug-likeness (QED) is 0.773. The van der Waals surface area contributed by atoms with Crippen molar-refractivity contribution in [2.24, 2.45) is 0 Å². The predicted octanol–water partition coefficient (Wildman–Crippen LogP) is 3.58. The van der Waals surface area contributed by atoms with Gasteiger partial charge in [0.2, 0.25) is 5.91 Å². The molecule has 0 saturated carbocycles. The molecule has 1 atom stereocenters. The summed E-state index contributed by atoms with van der Waals surface area (Å²) in [5, 5.41) is 7.48. The molecule has 3 heterocycles. The molecule has 7 nitrogen and oxygen atoms in total. The van der Waals surface area contributed by atoms with E-state index < -0.39 is 22.6 Å². The van der Waals surface area contributed by atoms with Crippen molar-refractivity contribution in [1.29, 1.82) is 0 Å². The van der Waals surface area contributed by atoms with Crippen LogP contribution in [-0.2, 0) is 26.9 Å². The van der Waals surface area contributed by atoms with Crippen LogP contribution in [-0.4, -0.2) is 32.4 Å². The van der Waals surface area contributed by atoms with Crippen molar-refractivity contribution in [3.63, 3.8) is 0 Å². The number of hydrogen-bond acceptors (Lipinski definition) is 5. The molecule has 8 heteroatoms. The lowest BCUT2D eigenvalue weighted by Gasteiger charge is -2.42. The molecule has 1 aliphatic rings. The maximum absolute atomic E-state index is 13.0. The molecule has 3 rings (SSSR count). The highest BCUT2D eigenvalue weighted by Gasteiger charge is 2.47. The van der Waals surface area contributed by atoms with Gasteiger partial charge in [-0.25, -0.2) is 9.78 Å². The number of hydrogen-bond donors (Lipinski definition) is 1. The lowest BCUT2D eigenvalue weighted by molar-refractivity contribution is -0.129. The van der Waals surface area contributed by atoms with E-state index in [4.69, 9.17) is 16.3 Å². The molecule has 1 unspecified atom stereocenters. The average Bonchev–Trinajstić information content (AvgIpc) is 2.99. The monoisotopic (exact) mass is 404 g/mol. The molecule has 0 aliphatic carbocycles. The normalized spacial score (nSPS) is 21.0. The molecule has 1 amide bonds. The molecule has 0 spiro atoms. The predicted molar refractivity (Wildman–Crippen MR) is 105 cm³/mol. The van der Waals surface area contributed by atoms with Gasteiger partial charge in [0.1, 0.15) is 10.8 Å². The summed E-state index contributed by atoms with van der Waals surface area (Å²) in [5.74, 6) is -0.148. The van der Waals surface area contributed by atoms with Crippen molar-refractivity contribution >= 4 is 23.6 Å². The van der Waals surface area contributed by atoms with Crippen LogP contribution >= 0.6 is 11.6 Å². The van der Waals surface area contributed by atoms with Gasteiger partial charge in [0.15, 0.2) is 0 Å². The topological polar surface area (TPSA) is 86.1 Å². The van der Waals surface area contributed by atoms with Gasteiger partial charge < -0.3 is 10.1 Å². The number of pyridine rings is 1. The molecule has 1 aliphatic heterocycles. The van der Waals surface area contributed by atoms with E-state index in [0.29, 0.717) is 17.3 Å². The van der Waals surface area contributed by atoms with Crippen molar-refractivity contribution in [2.75, 3.05) is 0 Å². The summed E-state index contributed by atoms with van der Waals surface area (Å²) < 4.78 is 6.46. The molecule has 150 valence electrons. The Balaban J connectivity index is 1.95. The number of rotatable bonds is 2. The zero-order chi connectivity index (χ0) is 20.9. The molecular weight excluding hydrogens is 380 g/mol. The van der Waals surface area contributed by atoms with Crippen LogP contribution in [0.1, 0.15) is 58.4 Å². The van der Waals surface area contributed by atoms with E-state index in [1.165, 1.54) is 0 Å². The second kappa shape index (κ2) is 6.58. The van der Waals surface area contributed by atoms with Gasteiger partial charge >= 0.3 is 6.09 Å². The number of amides is 1. The summed E-state index contributed by atoms with van der Waals surface area (Å²) >= 11 is 6.13. The van der Waals surface area contributed by atoms with Crippen molar-refractivity contribution < 1.29 is 14.3 Å². The summed E-state index contributed by atoms with van der Waals surface area (Å²) in [6.45, 7) is 11.0. The van der Waals surface area contributed by atoms with Gasteiger partial charge in [-0.1, -0.05) is 17.7 Å². The molecule has 0 fully saturated rings. The highest BCUT2D eigenvalue weighted by atomic mass is 35.5. The molecule has 0 aromatic carbocycles. The van der Waals surface area contributed by atoms with Gasteiger partial charge in [0.05, 0.1) is 22.8 Å². The lowest BCUT2D eigenvalue weighted by Crippen LogP contribution is -2.57. The van der Waals surface area contributed by atoms with Crippen molar-refractivity contribution in [1.82, 2.24) is 20.1 Å². The number of aromatic nitrogens is 3. The summed E-state index contributed by atoms with van der Waals surface area (Å²) in [5.41, 5.74) is 0.152. The second-order valence-corrected chi connectivity index (χ2v) is 9.28. The van der Waals surface area contributed by atoms with Crippen molar-refractivity contribution in [3.05, 3.63) is 46.5 Å². The number of nitrogens with one attached hydrogen (secondary N) is 1. The lowest BCUT2D eigenvalue weighted by atomic mass is 9.71. The molecule has 1 N–H and O–H groups in total. The molecule has 0 saturated heterocycles. The van der Waals surface area contributed by atoms with Crippen LogP contribution in [0.4, 0.5) is 4.79 Å². The SMILES string of the molecule is CC(C)(C)OC(=O)n1cc(CC2(C)C(=O)NC(C)(C)c3ccc(Cl)nc32)cn1. The van der Waals surface area contributed by atoms with Gasteiger partial charge in [-0.15, -0.1) is 0 Å². The van der Waals surface area contributed by atoms with Gasteiger partial charge in [-0.3, -0.25) is 4.79 Å². The third-order valence-electron chi connectivity index (χ3n) is 4.76. The van der Waals surface area contributed by atoms with Crippen LogP contribution in [0.5, 0.6) is 0 Å². The van der Waals surface area contributed by atoms with Crippen molar-refractivity contribution in [2.45, 2.75) is 64.5 Å². The van der Waals surface area contributed by atoms with Crippen molar-refractivity contribution in [3.8, 4) is 0 Å². The molecule has 2 aromatic rings. The average molecular weight is 405 g/mol. The first-order valence-electron chi connectivity index (χ1n) is 9.09. The highest BCUT2D eigenvalue weighted by molar-refractivity contribution is 6.29. The van der Waals surface area contributed by atoms with Crippen LogP contribution in [0.25, 0.3) is 0 Å². The minimum atomic E-state index is -0.947. The van der Waals surface area contributed by atoms with E-state index >= 15 is 0 Å². The van der Waals surface area contributed by atoms with Crippen LogP contribution in [0, 0.1) is 0 Å². The number of nitrogens with zero attached hydrogens (tertiary/aromatic N) is 3. The maximum Gasteiger partial charge on any atom is 0.435 e. The minimum absolute atomic E-state index is 0.148. The zero-order valence-corrected chi connectivity index (χ0v) is 17.7. The van der Waals surface area contributed by atoms with Crippen LogP contribution in [0.15, 0.2) is 24.5 Å². The molecule has 0 bridgehead atoms. The number of halogens is 1. The van der Waals surface area contributed by atoms with Gasteiger partial charge in [-0.2, -0.15) is 9.78 Å². The first-order chi connectivity index (χ1) is 12.8. The van der Waals surface area contributed by atoms with Crippen LogP contribution in [0.2, 0.25) is 5.15 Å². The molecule has 0 radical (unpaired) electrons. The smallest absolute Gasteiger partial charge is 0.435 e. The largest absolute Gasteiger partial charge is 0.442 e. The first-order valence-corrected chi connectivity index (χ1v) is 9.47. The number of fused-ring (bicyclic) bond motifs is 1. The van der Waals surface area contributed by atoms with E-state index in [1.54, 1.807) is 39.2 Å². The Kier molecular flexibility index (Phi) is 4.78. The Hall–Kier alpha value is -2.41. The maximum atomic E-state index is 13.0. The summed E-state index contributed by atoms with van der Waals surface area (Å²) in [6.07, 6.45) is 2.89. The molecular formula is C20H25ClN4O3. The number of carbonyl (C=O) groups excluding carboxylic acids is 2. The fourth-order valence-electron chi connectivity index (χ4n) is 3.39. The Morgan fingerprint density at radius 3 is 2.61 bits per heavy atom. The Labute approximate surface area is 169 Å².